The summed E-state index contributed by atoms with van der Waals surface area (Å²) in [5.74, 6) is 0.654. The van der Waals surface area contributed by atoms with Crippen molar-refractivity contribution in [1.82, 2.24) is 4.90 Å². The van der Waals surface area contributed by atoms with Gasteiger partial charge in [-0.15, -0.1) is 0 Å². The number of nitrogens with zero attached hydrogens (tertiary/aromatic N) is 1. The lowest BCUT2D eigenvalue weighted by Crippen LogP contribution is -2.43. The molecule has 0 aliphatic carbocycles. The van der Waals surface area contributed by atoms with Gasteiger partial charge >= 0.3 is 0 Å². The molecule has 0 amide bonds. The molecule has 108 valence electrons. The van der Waals surface area contributed by atoms with Gasteiger partial charge in [-0.3, -0.25) is 5.41 Å². The first kappa shape index (κ1) is 13.8. The first-order valence-electron chi connectivity index (χ1n) is 7.37. The number of hydrogen-bond donors (Lipinski definition) is 1. The average Bonchev–Trinajstić information content (AvgIpc) is 2.58. The molecule has 21 heavy (non-hydrogen) atoms. The molecule has 0 radical (unpaired) electrons. The average molecular weight is 280 g/mol. The number of rotatable bonds is 3. The third-order valence-electron chi connectivity index (χ3n) is 3.89. The van der Waals surface area contributed by atoms with Crippen molar-refractivity contribution in [2.45, 2.75) is 5.92 Å². The first-order chi connectivity index (χ1) is 10.4. The Morgan fingerprint density at radius 1 is 0.857 bits per heavy atom. The van der Waals surface area contributed by atoms with Gasteiger partial charge in [0, 0.05) is 13.1 Å². The highest BCUT2D eigenvalue weighted by atomic mass is 16.5. The smallest absolute Gasteiger partial charge is 0.108 e. The van der Waals surface area contributed by atoms with Crippen LogP contribution < -0.4 is 0 Å². The van der Waals surface area contributed by atoms with Crippen molar-refractivity contribution in [3.8, 4) is 0 Å². The predicted molar refractivity (Wildman–Crippen MR) is 84.8 cm³/mol. The number of ether oxygens (including phenoxy) is 1. The first-order valence-corrected chi connectivity index (χ1v) is 7.37. The fourth-order valence-corrected chi connectivity index (χ4v) is 2.79. The van der Waals surface area contributed by atoms with Crippen LogP contribution in [0.25, 0.3) is 0 Å². The van der Waals surface area contributed by atoms with E-state index in [-0.39, 0.29) is 5.92 Å². The van der Waals surface area contributed by atoms with Crippen molar-refractivity contribution in [2.24, 2.45) is 0 Å². The molecule has 1 fully saturated rings. The van der Waals surface area contributed by atoms with Gasteiger partial charge in [0.05, 0.1) is 19.1 Å². The predicted octanol–water partition coefficient (Wildman–Crippen LogP) is 3.13. The number of morpholine rings is 1. The molecule has 0 bridgehead atoms. The van der Waals surface area contributed by atoms with Crippen molar-refractivity contribution in [3.05, 3.63) is 71.8 Å². The minimum atomic E-state index is -0.00880. The molecule has 2 aromatic rings. The van der Waals surface area contributed by atoms with Crippen LogP contribution in [0.1, 0.15) is 17.0 Å². The van der Waals surface area contributed by atoms with Crippen molar-refractivity contribution < 1.29 is 4.74 Å². The lowest BCUT2D eigenvalue weighted by Gasteiger charge is -2.33. The van der Waals surface area contributed by atoms with Crippen LogP contribution >= 0.6 is 0 Å². The molecule has 1 N–H and O–H groups in total. The highest BCUT2D eigenvalue weighted by molar-refractivity contribution is 5.89. The van der Waals surface area contributed by atoms with Crippen LogP contribution in [0.4, 0.5) is 0 Å². The van der Waals surface area contributed by atoms with Gasteiger partial charge in [-0.25, -0.2) is 0 Å². The lowest BCUT2D eigenvalue weighted by atomic mass is 9.89. The maximum atomic E-state index is 8.69. The largest absolute Gasteiger partial charge is 0.378 e. The second kappa shape index (κ2) is 6.55. The standard InChI is InChI=1S/C18H20N2O/c19-18(20-11-13-21-14-12-20)17(15-7-3-1-4-8-15)16-9-5-2-6-10-16/h1-10,17,19H,11-14H2. The molecule has 0 aromatic heterocycles. The van der Waals surface area contributed by atoms with E-state index in [1.165, 1.54) is 11.1 Å². The third-order valence-corrected chi connectivity index (χ3v) is 3.89. The monoisotopic (exact) mass is 280 g/mol. The van der Waals surface area contributed by atoms with E-state index in [1.54, 1.807) is 0 Å². The van der Waals surface area contributed by atoms with Crippen molar-refractivity contribution in [3.63, 3.8) is 0 Å². The highest BCUT2D eigenvalue weighted by Crippen LogP contribution is 2.27. The topological polar surface area (TPSA) is 36.3 Å². The molecule has 0 spiro atoms. The van der Waals surface area contributed by atoms with Crippen LogP contribution in [-0.2, 0) is 4.74 Å². The van der Waals surface area contributed by atoms with Crippen molar-refractivity contribution in [1.29, 1.82) is 5.41 Å². The summed E-state index contributed by atoms with van der Waals surface area (Å²) < 4.78 is 5.40. The molecule has 2 aromatic carbocycles. The van der Waals surface area contributed by atoms with Gasteiger partial charge in [-0.2, -0.15) is 0 Å². The summed E-state index contributed by atoms with van der Waals surface area (Å²) in [7, 11) is 0. The molecule has 1 aliphatic rings. The summed E-state index contributed by atoms with van der Waals surface area (Å²) in [6.45, 7) is 3.02. The highest BCUT2D eigenvalue weighted by Gasteiger charge is 2.25. The summed E-state index contributed by atoms with van der Waals surface area (Å²) in [4.78, 5) is 2.13. The molecule has 1 aliphatic heterocycles. The van der Waals surface area contributed by atoms with Crippen LogP contribution in [-0.4, -0.2) is 37.0 Å². The van der Waals surface area contributed by atoms with E-state index < -0.39 is 0 Å². The normalized spacial score (nSPS) is 15.2. The number of hydrogen-bond acceptors (Lipinski definition) is 2. The van der Waals surface area contributed by atoms with Crippen LogP contribution in [0.5, 0.6) is 0 Å². The maximum absolute atomic E-state index is 8.69. The summed E-state index contributed by atoms with van der Waals surface area (Å²) in [6, 6.07) is 20.6. The number of benzene rings is 2. The van der Waals surface area contributed by atoms with Crippen molar-refractivity contribution in [2.75, 3.05) is 26.3 Å². The molecule has 1 saturated heterocycles. The van der Waals surface area contributed by atoms with Gasteiger partial charge in [0.1, 0.15) is 5.84 Å². The summed E-state index contributed by atoms with van der Waals surface area (Å²) >= 11 is 0. The van der Waals surface area contributed by atoms with E-state index in [9.17, 15) is 0 Å². The Labute approximate surface area is 125 Å². The Morgan fingerprint density at radius 3 is 1.81 bits per heavy atom. The summed E-state index contributed by atoms with van der Waals surface area (Å²) in [5, 5.41) is 8.69. The molecule has 0 saturated carbocycles. The van der Waals surface area contributed by atoms with E-state index in [2.05, 4.69) is 29.2 Å². The van der Waals surface area contributed by atoms with Crippen LogP contribution in [0.3, 0.4) is 0 Å². The quantitative estimate of drug-likeness (QED) is 0.692. The van der Waals surface area contributed by atoms with Crippen molar-refractivity contribution >= 4 is 5.84 Å². The lowest BCUT2D eigenvalue weighted by molar-refractivity contribution is 0.0666. The molecular formula is C18H20N2O. The van der Waals surface area contributed by atoms with E-state index in [1.807, 2.05) is 36.4 Å². The summed E-state index contributed by atoms with van der Waals surface area (Å²) in [6.07, 6.45) is 0. The zero-order chi connectivity index (χ0) is 14.5. The van der Waals surface area contributed by atoms with E-state index in [0.29, 0.717) is 19.0 Å². The van der Waals surface area contributed by atoms with Gasteiger partial charge < -0.3 is 9.64 Å². The Balaban J connectivity index is 1.94. The molecule has 1 heterocycles. The summed E-state index contributed by atoms with van der Waals surface area (Å²) in [5.41, 5.74) is 2.33. The van der Waals surface area contributed by atoms with Crippen LogP contribution in [0.15, 0.2) is 60.7 Å². The van der Waals surface area contributed by atoms with Crippen LogP contribution in [0, 0.1) is 5.41 Å². The fraction of sp³-hybridized carbons (Fsp3) is 0.278. The van der Waals surface area contributed by atoms with Gasteiger partial charge in [0.25, 0.3) is 0 Å². The van der Waals surface area contributed by atoms with E-state index >= 15 is 0 Å². The Kier molecular flexibility index (Phi) is 4.31. The van der Waals surface area contributed by atoms with Gasteiger partial charge in [-0.1, -0.05) is 60.7 Å². The van der Waals surface area contributed by atoms with Gasteiger partial charge in [0.15, 0.2) is 0 Å². The second-order valence-corrected chi connectivity index (χ2v) is 5.24. The molecule has 3 nitrogen and oxygen atoms in total. The fourth-order valence-electron chi connectivity index (χ4n) is 2.79. The Hall–Kier alpha value is -2.13. The molecule has 0 atom stereocenters. The number of amidine groups is 1. The SMILES string of the molecule is N=C(C(c1ccccc1)c1ccccc1)N1CCOCC1. The van der Waals surface area contributed by atoms with E-state index in [4.69, 9.17) is 10.1 Å². The van der Waals surface area contributed by atoms with Crippen LogP contribution in [0.2, 0.25) is 0 Å². The van der Waals surface area contributed by atoms with E-state index in [0.717, 1.165) is 13.1 Å². The zero-order valence-electron chi connectivity index (χ0n) is 12.0. The zero-order valence-corrected chi connectivity index (χ0v) is 12.0. The third kappa shape index (κ3) is 3.14. The number of nitrogens with one attached hydrogen (secondary N) is 1. The molecule has 0 unspecified atom stereocenters. The molecular weight excluding hydrogens is 260 g/mol. The van der Waals surface area contributed by atoms with Gasteiger partial charge in [-0.05, 0) is 11.1 Å². The minimum Gasteiger partial charge on any atom is -0.378 e. The second-order valence-electron chi connectivity index (χ2n) is 5.24. The Bertz CT molecular complexity index is 537. The van der Waals surface area contributed by atoms with Gasteiger partial charge in [0.2, 0.25) is 0 Å². The maximum Gasteiger partial charge on any atom is 0.108 e. The molecule has 3 heteroatoms. The minimum absolute atomic E-state index is 0.00880. The molecule has 3 rings (SSSR count). The Morgan fingerprint density at radius 2 is 1.33 bits per heavy atom.